The predicted octanol–water partition coefficient (Wildman–Crippen LogP) is 2.04. The zero-order chi connectivity index (χ0) is 9.57. The quantitative estimate of drug-likeness (QED) is 0.471. The number of quaternary nitrogens is 1. The average Bonchev–Trinajstić information content (AvgIpc) is 2.14. The number of morpholine rings is 1. The van der Waals surface area contributed by atoms with Gasteiger partial charge in [-0.3, -0.25) is 0 Å². The Bertz CT molecular complexity index is 130. The first kappa shape index (κ1) is 11.0. The second-order valence-electron chi connectivity index (χ2n) is 4.46. The molecule has 0 atom stereocenters. The largest absolute Gasteiger partial charge is 0.370 e. The molecule has 2 heteroatoms. The Kier molecular flexibility index (Phi) is 4.74. The minimum atomic E-state index is 0.963. The topological polar surface area (TPSA) is 9.23 Å². The Balaban J connectivity index is 2.10. The summed E-state index contributed by atoms with van der Waals surface area (Å²) in [6.45, 7) is 7.97. The van der Waals surface area contributed by atoms with E-state index in [0.29, 0.717) is 0 Å². The molecule has 78 valence electrons. The molecule has 0 N–H and O–H groups in total. The molecule has 0 aromatic carbocycles. The molecule has 1 saturated heterocycles. The Labute approximate surface area is 82.5 Å². The maximum Gasteiger partial charge on any atom is 0.102 e. The summed E-state index contributed by atoms with van der Waals surface area (Å²) in [6, 6.07) is 0. The summed E-state index contributed by atoms with van der Waals surface area (Å²) in [5, 5.41) is 0. The van der Waals surface area contributed by atoms with E-state index in [1.54, 1.807) is 0 Å². The molecule has 1 fully saturated rings. The number of rotatable bonds is 5. The van der Waals surface area contributed by atoms with Gasteiger partial charge in [-0.1, -0.05) is 19.8 Å². The predicted molar refractivity (Wildman–Crippen MR) is 55.7 cm³/mol. The average molecular weight is 186 g/mol. The van der Waals surface area contributed by atoms with Crippen LogP contribution in [0.5, 0.6) is 0 Å². The molecule has 1 rings (SSSR count). The van der Waals surface area contributed by atoms with Crippen molar-refractivity contribution in [3.8, 4) is 0 Å². The van der Waals surface area contributed by atoms with Crippen LogP contribution < -0.4 is 0 Å². The molecule has 0 aromatic rings. The van der Waals surface area contributed by atoms with Crippen LogP contribution in [0.4, 0.5) is 0 Å². The van der Waals surface area contributed by atoms with Crippen molar-refractivity contribution in [3.05, 3.63) is 0 Å². The number of unbranched alkanes of at least 4 members (excludes halogenated alkanes) is 3. The van der Waals surface area contributed by atoms with Crippen molar-refractivity contribution in [1.29, 1.82) is 0 Å². The highest BCUT2D eigenvalue weighted by Crippen LogP contribution is 2.10. The number of nitrogens with zero attached hydrogens (tertiary/aromatic N) is 1. The Morgan fingerprint density at radius 3 is 2.38 bits per heavy atom. The molecule has 0 spiro atoms. The van der Waals surface area contributed by atoms with E-state index >= 15 is 0 Å². The Morgan fingerprint density at radius 1 is 1.08 bits per heavy atom. The molecule has 1 aliphatic heterocycles. The lowest BCUT2D eigenvalue weighted by Gasteiger charge is -2.37. The van der Waals surface area contributed by atoms with Gasteiger partial charge in [-0.2, -0.15) is 0 Å². The first-order chi connectivity index (χ1) is 6.27. The molecule has 0 radical (unpaired) electrons. The van der Waals surface area contributed by atoms with Gasteiger partial charge in [0.1, 0.15) is 13.1 Å². The summed E-state index contributed by atoms with van der Waals surface area (Å²) < 4.78 is 6.62. The molecular weight excluding hydrogens is 162 g/mol. The molecule has 1 heterocycles. The van der Waals surface area contributed by atoms with Crippen LogP contribution in [-0.2, 0) is 4.74 Å². The van der Waals surface area contributed by atoms with Gasteiger partial charge in [0.15, 0.2) is 0 Å². The third-order valence-electron chi connectivity index (χ3n) is 3.10. The molecular formula is C11H24NO+. The molecule has 0 amide bonds. The molecule has 0 aromatic heterocycles. The monoisotopic (exact) mass is 186 g/mol. The summed E-state index contributed by atoms with van der Waals surface area (Å²) in [6.07, 6.45) is 5.54. The number of likely N-dealkylation sites (N-methyl/N-ethyl adjacent to an activating group) is 1. The van der Waals surface area contributed by atoms with Crippen LogP contribution in [0.25, 0.3) is 0 Å². The van der Waals surface area contributed by atoms with Crippen LogP contribution in [-0.4, -0.2) is 44.4 Å². The first-order valence-corrected chi connectivity index (χ1v) is 5.68. The summed E-state index contributed by atoms with van der Waals surface area (Å²) >= 11 is 0. The van der Waals surface area contributed by atoms with Gasteiger partial charge in [0.2, 0.25) is 0 Å². The zero-order valence-electron chi connectivity index (χ0n) is 9.22. The van der Waals surface area contributed by atoms with Crippen LogP contribution in [0.15, 0.2) is 0 Å². The van der Waals surface area contributed by atoms with E-state index in [2.05, 4.69) is 14.0 Å². The standard InChI is InChI=1S/C11H24NO/c1-3-4-5-6-7-12(2)8-10-13-11-9-12/h3-11H2,1-2H3/q+1. The minimum Gasteiger partial charge on any atom is -0.370 e. The molecule has 2 nitrogen and oxygen atoms in total. The smallest absolute Gasteiger partial charge is 0.102 e. The lowest BCUT2D eigenvalue weighted by atomic mass is 10.2. The van der Waals surface area contributed by atoms with Gasteiger partial charge in [-0.25, -0.2) is 0 Å². The lowest BCUT2D eigenvalue weighted by Crippen LogP contribution is -2.52. The van der Waals surface area contributed by atoms with Gasteiger partial charge in [0.05, 0.1) is 26.8 Å². The second-order valence-corrected chi connectivity index (χ2v) is 4.46. The molecule has 0 unspecified atom stereocenters. The van der Waals surface area contributed by atoms with E-state index in [9.17, 15) is 0 Å². The van der Waals surface area contributed by atoms with Gasteiger partial charge in [-0.15, -0.1) is 0 Å². The van der Waals surface area contributed by atoms with Crippen molar-refractivity contribution in [2.24, 2.45) is 0 Å². The van der Waals surface area contributed by atoms with E-state index in [1.807, 2.05) is 0 Å². The second kappa shape index (κ2) is 5.61. The third kappa shape index (κ3) is 4.10. The third-order valence-corrected chi connectivity index (χ3v) is 3.10. The molecule has 13 heavy (non-hydrogen) atoms. The lowest BCUT2D eigenvalue weighted by molar-refractivity contribution is -0.917. The van der Waals surface area contributed by atoms with Crippen LogP contribution in [0, 0.1) is 0 Å². The van der Waals surface area contributed by atoms with Crippen molar-refractivity contribution in [2.75, 3.05) is 39.9 Å². The van der Waals surface area contributed by atoms with Crippen LogP contribution in [0.2, 0.25) is 0 Å². The maximum atomic E-state index is 5.38. The fourth-order valence-corrected chi connectivity index (χ4v) is 1.93. The molecule has 0 saturated carbocycles. The summed E-state index contributed by atoms with van der Waals surface area (Å²) in [5.41, 5.74) is 0. The fourth-order valence-electron chi connectivity index (χ4n) is 1.93. The van der Waals surface area contributed by atoms with Crippen molar-refractivity contribution >= 4 is 0 Å². The van der Waals surface area contributed by atoms with E-state index in [0.717, 1.165) is 13.2 Å². The van der Waals surface area contributed by atoms with Crippen LogP contribution in [0.3, 0.4) is 0 Å². The van der Waals surface area contributed by atoms with Crippen molar-refractivity contribution in [2.45, 2.75) is 32.6 Å². The van der Waals surface area contributed by atoms with Gasteiger partial charge in [-0.05, 0) is 12.8 Å². The van der Waals surface area contributed by atoms with Crippen LogP contribution >= 0.6 is 0 Å². The minimum absolute atomic E-state index is 0.963. The van der Waals surface area contributed by atoms with Gasteiger partial charge in [0, 0.05) is 0 Å². The highest BCUT2D eigenvalue weighted by Gasteiger charge is 2.23. The zero-order valence-corrected chi connectivity index (χ0v) is 9.22. The highest BCUT2D eigenvalue weighted by molar-refractivity contribution is 4.48. The fraction of sp³-hybridized carbons (Fsp3) is 1.00. The molecule has 1 aliphatic rings. The van der Waals surface area contributed by atoms with Crippen LogP contribution in [0.1, 0.15) is 32.6 Å². The van der Waals surface area contributed by atoms with E-state index < -0.39 is 0 Å². The van der Waals surface area contributed by atoms with Gasteiger partial charge >= 0.3 is 0 Å². The van der Waals surface area contributed by atoms with Gasteiger partial charge < -0.3 is 9.22 Å². The van der Waals surface area contributed by atoms with E-state index in [1.165, 1.54) is 49.8 Å². The van der Waals surface area contributed by atoms with E-state index in [4.69, 9.17) is 4.74 Å². The van der Waals surface area contributed by atoms with Gasteiger partial charge in [0.25, 0.3) is 0 Å². The Morgan fingerprint density at radius 2 is 1.77 bits per heavy atom. The number of ether oxygens (including phenoxy) is 1. The molecule has 0 aliphatic carbocycles. The number of hydrogen-bond donors (Lipinski definition) is 0. The SMILES string of the molecule is CCCCCC[N+]1(C)CCOCC1. The Hall–Kier alpha value is -0.0800. The highest BCUT2D eigenvalue weighted by atomic mass is 16.5. The van der Waals surface area contributed by atoms with E-state index in [-0.39, 0.29) is 0 Å². The number of hydrogen-bond acceptors (Lipinski definition) is 1. The summed E-state index contributed by atoms with van der Waals surface area (Å²) in [4.78, 5) is 0. The first-order valence-electron chi connectivity index (χ1n) is 5.68. The summed E-state index contributed by atoms with van der Waals surface area (Å²) in [7, 11) is 2.37. The normalized spacial score (nSPS) is 21.7. The summed E-state index contributed by atoms with van der Waals surface area (Å²) in [5.74, 6) is 0. The van der Waals surface area contributed by atoms with Crippen molar-refractivity contribution < 1.29 is 9.22 Å². The van der Waals surface area contributed by atoms with Crippen molar-refractivity contribution in [3.63, 3.8) is 0 Å². The van der Waals surface area contributed by atoms with Crippen molar-refractivity contribution in [1.82, 2.24) is 0 Å². The maximum absolute atomic E-state index is 5.38. The molecule has 0 bridgehead atoms.